The molecule has 234 valence electrons. The average molecular weight is 621 g/mol. The van der Waals surface area contributed by atoms with E-state index in [1.54, 1.807) is 6.92 Å². The van der Waals surface area contributed by atoms with Gasteiger partial charge in [-0.2, -0.15) is 0 Å². The molecule has 0 heterocycles. The summed E-state index contributed by atoms with van der Waals surface area (Å²) in [6.45, 7) is 31.8. The molecule has 3 aliphatic rings. The SMILES string of the molecule is C=C1C(=CC=C2CCC[C@]3(C)C(CSC(C)=O)C(O)C[C@@H]23)CC(O[Si](C)(C)C(C)(C)C)CC1O[Si](C)(C)C(C)(C)C. The highest BCUT2D eigenvalue weighted by molar-refractivity contribution is 8.13. The molecule has 1 N–H and O–H groups in total. The summed E-state index contributed by atoms with van der Waals surface area (Å²) in [5.41, 5.74) is 3.85. The van der Waals surface area contributed by atoms with Crippen molar-refractivity contribution < 1.29 is 18.8 Å². The normalized spacial score (nSPS) is 33.9. The summed E-state index contributed by atoms with van der Waals surface area (Å²) in [5, 5.41) is 11.5. The maximum absolute atomic E-state index is 11.7. The van der Waals surface area contributed by atoms with Crippen molar-refractivity contribution >= 4 is 33.5 Å². The van der Waals surface area contributed by atoms with Crippen molar-refractivity contribution in [1.29, 1.82) is 0 Å². The smallest absolute Gasteiger partial charge is 0.192 e. The van der Waals surface area contributed by atoms with Gasteiger partial charge in [-0.15, -0.1) is 0 Å². The molecule has 0 aliphatic heterocycles. The van der Waals surface area contributed by atoms with E-state index in [1.165, 1.54) is 22.9 Å². The number of carbonyl (C=O) groups is 1. The fourth-order valence-electron chi connectivity index (χ4n) is 6.63. The molecule has 3 saturated carbocycles. The lowest BCUT2D eigenvalue weighted by Crippen LogP contribution is -2.49. The lowest BCUT2D eigenvalue weighted by Gasteiger charge is -2.45. The zero-order chi connectivity index (χ0) is 31.2. The summed E-state index contributed by atoms with van der Waals surface area (Å²) >= 11 is 1.37. The van der Waals surface area contributed by atoms with Crippen LogP contribution >= 0.6 is 11.8 Å². The van der Waals surface area contributed by atoms with Gasteiger partial charge in [0.2, 0.25) is 0 Å². The van der Waals surface area contributed by atoms with Crippen molar-refractivity contribution in [3.63, 3.8) is 0 Å². The first-order valence-electron chi connectivity index (χ1n) is 15.8. The van der Waals surface area contributed by atoms with Crippen LogP contribution in [0.25, 0.3) is 0 Å². The maximum atomic E-state index is 11.7. The van der Waals surface area contributed by atoms with Crippen LogP contribution < -0.4 is 0 Å². The van der Waals surface area contributed by atoms with E-state index < -0.39 is 16.6 Å². The van der Waals surface area contributed by atoms with Crippen LogP contribution in [0, 0.1) is 17.3 Å². The molecular formula is C34H60O4SSi2. The van der Waals surface area contributed by atoms with E-state index in [-0.39, 0.29) is 44.8 Å². The lowest BCUT2D eigenvalue weighted by molar-refractivity contribution is -0.109. The molecule has 3 aliphatic carbocycles. The Bertz CT molecular complexity index is 1050. The largest absolute Gasteiger partial charge is 0.413 e. The monoisotopic (exact) mass is 620 g/mol. The zero-order valence-electron chi connectivity index (χ0n) is 28.3. The number of hydrogen-bond donors (Lipinski definition) is 1. The van der Waals surface area contributed by atoms with Gasteiger partial charge in [0.15, 0.2) is 21.8 Å². The highest BCUT2D eigenvalue weighted by atomic mass is 32.2. The van der Waals surface area contributed by atoms with Gasteiger partial charge < -0.3 is 14.0 Å². The van der Waals surface area contributed by atoms with Gasteiger partial charge in [0, 0.05) is 25.0 Å². The Labute approximate surface area is 258 Å². The molecule has 7 heteroatoms. The van der Waals surface area contributed by atoms with E-state index in [1.807, 2.05) is 0 Å². The summed E-state index contributed by atoms with van der Waals surface area (Å²) in [6.07, 6.45) is 10.3. The van der Waals surface area contributed by atoms with Crippen molar-refractivity contribution in [2.24, 2.45) is 17.3 Å². The van der Waals surface area contributed by atoms with Gasteiger partial charge in [0.05, 0.1) is 18.3 Å². The van der Waals surface area contributed by atoms with Gasteiger partial charge in [0.1, 0.15) is 0 Å². The molecule has 4 nitrogen and oxygen atoms in total. The second-order valence-corrected chi connectivity index (χ2v) is 27.1. The van der Waals surface area contributed by atoms with E-state index >= 15 is 0 Å². The highest BCUT2D eigenvalue weighted by Crippen LogP contribution is 2.58. The number of carbonyl (C=O) groups excluding carboxylic acids is 1. The summed E-state index contributed by atoms with van der Waals surface area (Å²) < 4.78 is 14.0. The molecule has 0 spiro atoms. The fraction of sp³-hybridized carbons (Fsp3) is 0.794. The number of allylic oxidation sites excluding steroid dienone is 3. The predicted molar refractivity (Wildman–Crippen MR) is 181 cm³/mol. The second-order valence-electron chi connectivity index (χ2n) is 16.4. The minimum atomic E-state index is -2.00. The first-order chi connectivity index (χ1) is 18.6. The minimum absolute atomic E-state index is 0.0260. The molecule has 0 aromatic heterocycles. The molecule has 3 fully saturated rings. The Kier molecular flexibility index (Phi) is 10.7. The third kappa shape index (κ3) is 7.80. The maximum Gasteiger partial charge on any atom is 0.192 e. The Morgan fingerprint density at radius 2 is 1.63 bits per heavy atom. The zero-order valence-corrected chi connectivity index (χ0v) is 31.1. The van der Waals surface area contributed by atoms with Gasteiger partial charge in [-0.3, -0.25) is 4.79 Å². The van der Waals surface area contributed by atoms with Gasteiger partial charge in [-0.1, -0.05) is 84.5 Å². The van der Waals surface area contributed by atoms with Crippen LogP contribution in [0.1, 0.15) is 93.9 Å². The van der Waals surface area contributed by atoms with E-state index in [9.17, 15) is 9.90 Å². The van der Waals surface area contributed by atoms with E-state index in [4.69, 9.17) is 8.85 Å². The van der Waals surface area contributed by atoms with Crippen LogP contribution in [-0.4, -0.2) is 50.9 Å². The van der Waals surface area contributed by atoms with Crippen molar-refractivity contribution in [2.75, 3.05) is 5.75 Å². The molecule has 0 aromatic rings. The van der Waals surface area contributed by atoms with Crippen molar-refractivity contribution in [3.8, 4) is 0 Å². The number of hydrogen-bond acceptors (Lipinski definition) is 5. The summed E-state index contributed by atoms with van der Waals surface area (Å²) in [4.78, 5) is 11.7. The van der Waals surface area contributed by atoms with Crippen LogP contribution in [0.2, 0.25) is 36.3 Å². The Morgan fingerprint density at radius 1 is 1.05 bits per heavy atom. The van der Waals surface area contributed by atoms with E-state index in [0.29, 0.717) is 11.7 Å². The molecule has 0 aromatic carbocycles. The van der Waals surface area contributed by atoms with Gasteiger partial charge in [0.25, 0.3) is 0 Å². The van der Waals surface area contributed by atoms with Crippen molar-refractivity contribution in [2.45, 2.75) is 148 Å². The highest BCUT2D eigenvalue weighted by Gasteiger charge is 2.53. The number of fused-ring (bicyclic) bond motifs is 1. The van der Waals surface area contributed by atoms with Gasteiger partial charge in [-0.05, 0) is 90.8 Å². The third-order valence-electron chi connectivity index (χ3n) is 11.4. The van der Waals surface area contributed by atoms with Crippen molar-refractivity contribution in [1.82, 2.24) is 0 Å². The van der Waals surface area contributed by atoms with Crippen LogP contribution in [0.15, 0.2) is 35.5 Å². The molecule has 0 radical (unpaired) electrons. The van der Waals surface area contributed by atoms with Crippen LogP contribution in [0.5, 0.6) is 0 Å². The molecule has 41 heavy (non-hydrogen) atoms. The molecule has 0 amide bonds. The first-order valence-corrected chi connectivity index (χ1v) is 22.6. The lowest BCUT2D eigenvalue weighted by atomic mass is 9.64. The topological polar surface area (TPSA) is 55.8 Å². The molecular weight excluding hydrogens is 561 g/mol. The quantitative estimate of drug-likeness (QED) is 0.287. The fourth-order valence-corrected chi connectivity index (χ4v) is 10.3. The number of aliphatic hydroxyl groups excluding tert-OH is 1. The molecule has 4 unspecified atom stereocenters. The van der Waals surface area contributed by atoms with Crippen LogP contribution in [-0.2, 0) is 13.6 Å². The van der Waals surface area contributed by atoms with Crippen molar-refractivity contribution in [3.05, 3.63) is 35.5 Å². The average Bonchev–Trinajstić information content (AvgIpc) is 3.06. The number of aliphatic hydroxyl groups is 1. The predicted octanol–water partition coefficient (Wildman–Crippen LogP) is 9.44. The van der Waals surface area contributed by atoms with E-state index in [0.717, 1.165) is 44.1 Å². The molecule has 0 bridgehead atoms. The summed E-state index contributed by atoms with van der Waals surface area (Å²) in [7, 11) is -3.96. The van der Waals surface area contributed by atoms with Gasteiger partial charge in [-0.25, -0.2) is 0 Å². The Balaban J connectivity index is 1.93. The van der Waals surface area contributed by atoms with E-state index in [2.05, 4.69) is 93.4 Å². The van der Waals surface area contributed by atoms with Gasteiger partial charge >= 0.3 is 0 Å². The number of rotatable bonds is 7. The second kappa shape index (κ2) is 12.5. The molecule has 6 atom stereocenters. The molecule has 3 rings (SSSR count). The summed E-state index contributed by atoms with van der Waals surface area (Å²) in [6, 6.07) is 0. The number of thioether (sulfide) groups is 1. The minimum Gasteiger partial charge on any atom is -0.413 e. The standard InChI is InChI=1S/C34H60O4SSi2/c1-23-26(17-16-25-15-14-18-34(9)28(25)21-30(36)29(34)22-39-24(2)35)19-27(37-40(10,11)32(3,4)5)20-31(23)38-41(12,13)33(6,7)8/h16-17,27-31,36H,1,14-15,18-22H2,2-13H3/t27?,28-,29?,30?,31?,34-/m0/s1. The summed E-state index contributed by atoms with van der Waals surface area (Å²) in [5.74, 6) is 1.23. The Hall–Kier alpha value is -0.446. The molecule has 0 saturated heterocycles. The third-order valence-corrected chi connectivity index (χ3v) is 21.4. The van der Waals surface area contributed by atoms with Crippen LogP contribution in [0.3, 0.4) is 0 Å². The Morgan fingerprint density at radius 3 is 2.20 bits per heavy atom. The first kappa shape index (κ1) is 35.0. The van der Waals surface area contributed by atoms with Crippen LogP contribution in [0.4, 0.5) is 0 Å².